The van der Waals surface area contributed by atoms with Crippen molar-refractivity contribution in [1.29, 1.82) is 0 Å². The summed E-state index contributed by atoms with van der Waals surface area (Å²) in [6.45, 7) is 2.70. The van der Waals surface area contributed by atoms with Gasteiger partial charge in [0, 0.05) is 29.5 Å². The van der Waals surface area contributed by atoms with Gasteiger partial charge in [0.1, 0.15) is 4.83 Å². The molecule has 0 spiro atoms. The van der Waals surface area contributed by atoms with Gasteiger partial charge in [-0.3, -0.25) is 9.59 Å². The molecule has 3 aromatic heterocycles. The van der Waals surface area contributed by atoms with Crippen molar-refractivity contribution in [2.75, 3.05) is 20.3 Å². The monoisotopic (exact) mass is 395 g/mol. The lowest BCUT2D eigenvalue weighted by Crippen LogP contribution is -2.33. The number of amides is 1. The van der Waals surface area contributed by atoms with Crippen LogP contribution in [0.3, 0.4) is 0 Å². The average molecular weight is 396 g/mol. The van der Waals surface area contributed by atoms with E-state index in [0.29, 0.717) is 28.5 Å². The van der Waals surface area contributed by atoms with Gasteiger partial charge in [-0.2, -0.15) is 0 Å². The molecule has 0 fully saturated rings. The lowest BCUT2D eigenvalue weighted by atomic mass is 10.2. The van der Waals surface area contributed by atoms with Gasteiger partial charge in [0.05, 0.1) is 17.2 Å². The van der Waals surface area contributed by atoms with Gasteiger partial charge in [-0.15, -0.1) is 22.7 Å². The zero-order valence-corrected chi connectivity index (χ0v) is 16.1. The van der Waals surface area contributed by atoms with Gasteiger partial charge in [0.25, 0.3) is 5.56 Å². The van der Waals surface area contributed by atoms with Crippen LogP contribution in [-0.4, -0.2) is 41.4 Å². The zero-order valence-electron chi connectivity index (χ0n) is 13.7. The number of thiophene rings is 2. The summed E-state index contributed by atoms with van der Waals surface area (Å²) in [4.78, 5) is 33.6. The van der Waals surface area contributed by atoms with Gasteiger partial charge in [-0.25, -0.2) is 4.98 Å². The summed E-state index contributed by atoms with van der Waals surface area (Å²) < 4.78 is 4.91. The van der Waals surface area contributed by atoms with Crippen LogP contribution in [0, 0.1) is 0 Å². The van der Waals surface area contributed by atoms with E-state index < -0.39 is 0 Å². The maximum Gasteiger partial charge on any atom is 0.260 e. The van der Waals surface area contributed by atoms with Crippen LogP contribution in [0.5, 0.6) is 0 Å². The molecule has 0 unspecified atom stereocenters. The van der Waals surface area contributed by atoms with E-state index in [2.05, 4.69) is 15.3 Å². The molecule has 3 rings (SSSR count). The highest BCUT2D eigenvalue weighted by molar-refractivity contribution is 8.00. The first-order valence-electron chi connectivity index (χ1n) is 7.59. The Bertz CT molecular complexity index is 918. The Morgan fingerprint density at radius 1 is 1.48 bits per heavy atom. The number of fused-ring (bicyclic) bond motifs is 1. The Morgan fingerprint density at radius 3 is 3.04 bits per heavy atom. The number of H-pyrrole nitrogens is 1. The number of carbonyl (C=O) groups excluding carboxylic acids is 1. The molecule has 0 saturated carbocycles. The van der Waals surface area contributed by atoms with Gasteiger partial charge in [-0.05, 0) is 18.4 Å². The second kappa shape index (κ2) is 8.13. The first kappa shape index (κ1) is 18.1. The Labute approximate surface area is 156 Å². The van der Waals surface area contributed by atoms with Crippen LogP contribution in [-0.2, 0) is 9.53 Å². The summed E-state index contributed by atoms with van der Waals surface area (Å²) in [6.07, 6.45) is 0. The molecule has 1 atom stereocenters. The number of carbonyl (C=O) groups is 1. The number of ether oxygens (including phenoxy) is 1. The fraction of sp³-hybridized carbons (Fsp3) is 0.312. The highest BCUT2D eigenvalue weighted by Crippen LogP contribution is 2.34. The van der Waals surface area contributed by atoms with E-state index >= 15 is 0 Å². The molecule has 9 heteroatoms. The number of nitrogens with one attached hydrogen (secondary N) is 2. The Balaban J connectivity index is 1.80. The lowest BCUT2D eigenvalue weighted by Gasteiger charge is -2.11. The number of hydrogen-bond acceptors (Lipinski definition) is 7. The molecule has 1 amide bonds. The maximum absolute atomic E-state index is 12.5. The molecule has 0 aromatic carbocycles. The standard InChI is InChI=1S/C16H17N3O3S3/c1-9(13(20)17-5-6-22-2)25-16-18-14(21)12-10(8-24-15(12)19-16)11-4-3-7-23-11/h3-4,7-9H,5-6H2,1-2H3,(H,17,20)(H,18,19,21)/t9-/m1/s1. The third kappa shape index (κ3) is 4.12. The molecule has 0 saturated heterocycles. The minimum atomic E-state index is -0.366. The topological polar surface area (TPSA) is 84.1 Å². The van der Waals surface area contributed by atoms with Crippen LogP contribution in [0.15, 0.2) is 32.8 Å². The van der Waals surface area contributed by atoms with Crippen LogP contribution in [0.1, 0.15) is 6.92 Å². The van der Waals surface area contributed by atoms with E-state index in [1.54, 1.807) is 25.4 Å². The number of aromatic nitrogens is 2. The van der Waals surface area contributed by atoms with E-state index in [1.165, 1.54) is 23.1 Å². The van der Waals surface area contributed by atoms with Crippen LogP contribution < -0.4 is 10.9 Å². The molecule has 0 aliphatic heterocycles. The zero-order chi connectivity index (χ0) is 17.8. The Hall–Kier alpha value is -1.68. The van der Waals surface area contributed by atoms with E-state index in [1.807, 2.05) is 22.9 Å². The summed E-state index contributed by atoms with van der Waals surface area (Å²) in [5.74, 6) is -0.116. The van der Waals surface area contributed by atoms with Gasteiger partial charge >= 0.3 is 0 Å². The van der Waals surface area contributed by atoms with E-state index in [4.69, 9.17) is 4.74 Å². The van der Waals surface area contributed by atoms with Gasteiger partial charge in [-0.1, -0.05) is 17.8 Å². The SMILES string of the molecule is COCCNC(=O)[C@@H](C)Sc1nc2scc(-c3cccs3)c2c(=O)[nH]1. The van der Waals surface area contributed by atoms with E-state index in [-0.39, 0.29) is 16.7 Å². The van der Waals surface area contributed by atoms with Crippen LogP contribution in [0.2, 0.25) is 0 Å². The van der Waals surface area contributed by atoms with Crippen molar-refractivity contribution in [2.45, 2.75) is 17.3 Å². The van der Waals surface area contributed by atoms with Crippen molar-refractivity contribution in [3.8, 4) is 10.4 Å². The van der Waals surface area contributed by atoms with Crippen molar-refractivity contribution < 1.29 is 9.53 Å². The van der Waals surface area contributed by atoms with Crippen LogP contribution >= 0.6 is 34.4 Å². The number of aromatic amines is 1. The highest BCUT2D eigenvalue weighted by atomic mass is 32.2. The summed E-state index contributed by atoms with van der Waals surface area (Å²) in [6, 6.07) is 3.94. The van der Waals surface area contributed by atoms with Crippen molar-refractivity contribution in [1.82, 2.24) is 15.3 Å². The molecule has 132 valence electrons. The van der Waals surface area contributed by atoms with E-state index in [9.17, 15) is 9.59 Å². The van der Waals surface area contributed by atoms with Crippen molar-refractivity contribution in [3.63, 3.8) is 0 Å². The molecule has 25 heavy (non-hydrogen) atoms. The van der Waals surface area contributed by atoms with Crippen LogP contribution in [0.4, 0.5) is 0 Å². The normalized spacial score (nSPS) is 12.4. The second-order valence-electron chi connectivity index (χ2n) is 5.22. The van der Waals surface area contributed by atoms with Crippen molar-refractivity contribution in [3.05, 3.63) is 33.2 Å². The predicted octanol–water partition coefficient (Wildman–Crippen LogP) is 2.96. The average Bonchev–Trinajstić information content (AvgIpc) is 3.23. The first-order chi connectivity index (χ1) is 12.1. The van der Waals surface area contributed by atoms with E-state index in [0.717, 1.165) is 10.4 Å². The largest absolute Gasteiger partial charge is 0.383 e. The van der Waals surface area contributed by atoms with Crippen molar-refractivity contribution >= 4 is 50.6 Å². The fourth-order valence-corrected chi connectivity index (χ4v) is 4.88. The molecule has 3 heterocycles. The smallest absolute Gasteiger partial charge is 0.260 e. The third-order valence-electron chi connectivity index (χ3n) is 3.47. The number of nitrogens with zero attached hydrogens (tertiary/aromatic N) is 1. The predicted molar refractivity (Wildman–Crippen MR) is 104 cm³/mol. The molecule has 0 aliphatic carbocycles. The second-order valence-corrected chi connectivity index (χ2v) is 8.36. The summed E-state index contributed by atoms with van der Waals surface area (Å²) in [5.41, 5.74) is 0.731. The van der Waals surface area contributed by atoms with Crippen molar-refractivity contribution in [2.24, 2.45) is 0 Å². The number of hydrogen-bond donors (Lipinski definition) is 2. The quantitative estimate of drug-likeness (QED) is 0.365. The minimum Gasteiger partial charge on any atom is -0.383 e. The summed E-state index contributed by atoms with van der Waals surface area (Å²) in [7, 11) is 1.58. The maximum atomic E-state index is 12.5. The molecule has 3 aromatic rings. The molecular weight excluding hydrogens is 378 g/mol. The third-order valence-corrected chi connectivity index (χ3v) is 6.23. The van der Waals surface area contributed by atoms with Gasteiger partial charge < -0.3 is 15.0 Å². The van der Waals surface area contributed by atoms with Crippen LogP contribution in [0.25, 0.3) is 20.7 Å². The number of methoxy groups -OCH3 is 1. The Kier molecular flexibility index (Phi) is 5.89. The fourth-order valence-electron chi connectivity index (χ4n) is 2.24. The van der Waals surface area contributed by atoms with Gasteiger partial charge in [0.15, 0.2) is 5.16 Å². The molecule has 0 bridgehead atoms. The number of thioether (sulfide) groups is 1. The molecule has 0 aliphatic rings. The summed E-state index contributed by atoms with van der Waals surface area (Å²) in [5, 5.41) is 7.40. The summed E-state index contributed by atoms with van der Waals surface area (Å²) >= 11 is 4.26. The number of rotatable bonds is 7. The molecular formula is C16H17N3O3S3. The molecule has 0 radical (unpaired) electrons. The molecule has 6 nitrogen and oxygen atoms in total. The first-order valence-corrected chi connectivity index (χ1v) is 10.2. The Morgan fingerprint density at radius 2 is 2.32 bits per heavy atom. The highest BCUT2D eigenvalue weighted by Gasteiger charge is 2.18. The lowest BCUT2D eigenvalue weighted by molar-refractivity contribution is -0.120. The molecule has 2 N–H and O–H groups in total. The minimum absolute atomic E-state index is 0.116. The van der Waals surface area contributed by atoms with Gasteiger partial charge in [0.2, 0.25) is 5.91 Å².